The van der Waals surface area contributed by atoms with Gasteiger partial charge in [-0.05, 0) is 72.3 Å². The SMILES string of the molecule is O=C(c1ccc2c(c1)N(Cc1cccc(Cl)c1)C(=O)c1ccccc1S2(=O)=O)N1CCN(c2ccc(Cl)cc2)CC1. The van der Waals surface area contributed by atoms with Gasteiger partial charge < -0.3 is 14.7 Å². The molecule has 0 spiro atoms. The van der Waals surface area contributed by atoms with Crippen LogP contribution in [0.3, 0.4) is 0 Å². The Morgan fingerprint density at radius 2 is 1.49 bits per heavy atom. The van der Waals surface area contributed by atoms with E-state index < -0.39 is 15.7 Å². The third-order valence-corrected chi connectivity index (χ3v) is 9.77. The van der Waals surface area contributed by atoms with Crippen molar-refractivity contribution in [3.63, 3.8) is 0 Å². The topological polar surface area (TPSA) is 78.0 Å². The van der Waals surface area contributed by atoms with Crippen molar-refractivity contribution in [1.29, 1.82) is 0 Å². The summed E-state index contributed by atoms with van der Waals surface area (Å²) < 4.78 is 27.6. The first kappa shape index (κ1) is 27.3. The summed E-state index contributed by atoms with van der Waals surface area (Å²) in [5, 5.41) is 1.17. The maximum atomic E-state index is 13.9. The van der Waals surface area contributed by atoms with Crippen molar-refractivity contribution in [2.45, 2.75) is 16.3 Å². The standard InChI is InChI=1S/C31H25Cl2N3O4S/c32-23-9-11-25(12-10-23)34-14-16-35(17-15-34)30(37)22-8-13-29-27(19-22)36(20-21-4-3-5-24(33)18-21)31(38)26-6-1-2-7-28(26)41(29,39)40/h1-13,18-19H,14-17,20H2. The zero-order valence-electron chi connectivity index (χ0n) is 21.8. The van der Waals surface area contributed by atoms with Gasteiger partial charge in [0.05, 0.1) is 27.6 Å². The smallest absolute Gasteiger partial charge is 0.259 e. The molecule has 2 heterocycles. The van der Waals surface area contributed by atoms with Crippen LogP contribution in [0.5, 0.6) is 0 Å². The van der Waals surface area contributed by atoms with Gasteiger partial charge in [0.25, 0.3) is 11.8 Å². The maximum Gasteiger partial charge on any atom is 0.259 e. The number of sulfone groups is 1. The normalized spacial score (nSPS) is 16.1. The Balaban J connectivity index is 1.35. The maximum absolute atomic E-state index is 13.9. The van der Waals surface area contributed by atoms with Gasteiger partial charge in [-0.15, -0.1) is 0 Å². The Bertz CT molecular complexity index is 1770. The first-order chi connectivity index (χ1) is 19.7. The van der Waals surface area contributed by atoms with Crippen LogP contribution in [0.1, 0.15) is 26.3 Å². The zero-order chi connectivity index (χ0) is 28.7. The summed E-state index contributed by atoms with van der Waals surface area (Å²) in [6.07, 6.45) is 0. The lowest BCUT2D eigenvalue weighted by molar-refractivity contribution is 0.0746. The van der Waals surface area contributed by atoms with E-state index in [1.54, 1.807) is 35.2 Å². The van der Waals surface area contributed by atoms with Crippen molar-refractivity contribution in [3.8, 4) is 0 Å². The Hall–Kier alpha value is -3.85. The van der Waals surface area contributed by atoms with Crippen molar-refractivity contribution in [2.24, 2.45) is 0 Å². The summed E-state index contributed by atoms with van der Waals surface area (Å²) in [7, 11) is -4.04. The van der Waals surface area contributed by atoms with Crippen molar-refractivity contribution in [2.75, 3.05) is 36.0 Å². The van der Waals surface area contributed by atoms with Crippen molar-refractivity contribution in [3.05, 3.63) is 118 Å². The molecule has 4 aromatic rings. The Labute approximate surface area is 248 Å². The van der Waals surface area contributed by atoms with Gasteiger partial charge in [-0.1, -0.05) is 47.5 Å². The van der Waals surface area contributed by atoms with Crippen LogP contribution in [0.25, 0.3) is 0 Å². The molecule has 208 valence electrons. The Morgan fingerprint density at radius 1 is 0.756 bits per heavy atom. The molecule has 0 saturated carbocycles. The van der Waals surface area contributed by atoms with Gasteiger partial charge in [-0.25, -0.2) is 8.42 Å². The van der Waals surface area contributed by atoms with Crippen LogP contribution in [-0.4, -0.2) is 51.3 Å². The van der Waals surface area contributed by atoms with Gasteiger partial charge >= 0.3 is 0 Å². The van der Waals surface area contributed by atoms with Crippen LogP contribution < -0.4 is 9.80 Å². The molecule has 1 saturated heterocycles. The van der Waals surface area contributed by atoms with Crippen molar-refractivity contribution in [1.82, 2.24) is 4.90 Å². The number of fused-ring (bicyclic) bond motifs is 2. The highest BCUT2D eigenvalue weighted by molar-refractivity contribution is 7.91. The molecule has 10 heteroatoms. The molecule has 0 bridgehead atoms. The highest BCUT2D eigenvalue weighted by Crippen LogP contribution is 2.38. The summed E-state index contributed by atoms with van der Waals surface area (Å²) in [6, 6.07) is 25.3. The zero-order valence-corrected chi connectivity index (χ0v) is 24.2. The molecule has 41 heavy (non-hydrogen) atoms. The number of nitrogens with zero attached hydrogens (tertiary/aromatic N) is 3. The van der Waals surface area contributed by atoms with Gasteiger partial charge in [0.2, 0.25) is 9.84 Å². The van der Waals surface area contributed by atoms with Crippen LogP contribution in [0.4, 0.5) is 11.4 Å². The molecule has 0 aliphatic carbocycles. The lowest BCUT2D eigenvalue weighted by Crippen LogP contribution is -2.48. The number of halogens is 2. The molecule has 6 rings (SSSR count). The second-order valence-electron chi connectivity index (χ2n) is 9.96. The predicted molar refractivity (Wildman–Crippen MR) is 160 cm³/mol. The van der Waals surface area contributed by atoms with Gasteiger partial charge in [-0.2, -0.15) is 0 Å². The van der Waals surface area contributed by atoms with E-state index in [-0.39, 0.29) is 33.5 Å². The summed E-state index contributed by atoms with van der Waals surface area (Å²) in [5.74, 6) is -0.693. The van der Waals surface area contributed by atoms with Gasteiger partial charge in [-0.3, -0.25) is 9.59 Å². The first-order valence-electron chi connectivity index (χ1n) is 13.1. The molecule has 1 fully saturated rings. The summed E-state index contributed by atoms with van der Waals surface area (Å²) in [6.45, 7) is 2.34. The van der Waals surface area contributed by atoms with Gasteiger partial charge in [0.1, 0.15) is 0 Å². The minimum absolute atomic E-state index is 0.0260. The monoisotopic (exact) mass is 605 g/mol. The lowest BCUT2D eigenvalue weighted by Gasteiger charge is -2.36. The van der Waals surface area contributed by atoms with Gasteiger partial charge in [0, 0.05) is 47.5 Å². The van der Waals surface area contributed by atoms with Crippen LogP contribution in [0, 0.1) is 0 Å². The number of rotatable bonds is 4. The third kappa shape index (κ3) is 5.19. The fourth-order valence-electron chi connectivity index (χ4n) is 5.32. The third-order valence-electron chi connectivity index (χ3n) is 7.43. The highest BCUT2D eigenvalue weighted by atomic mass is 35.5. The molecule has 0 N–H and O–H groups in total. The number of hydrogen-bond acceptors (Lipinski definition) is 5. The quantitative estimate of drug-likeness (QED) is 0.287. The second-order valence-corrected chi connectivity index (χ2v) is 12.7. The molecular formula is C31H25Cl2N3O4S. The van der Waals surface area contributed by atoms with E-state index in [0.717, 1.165) is 11.3 Å². The van der Waals surface area contributed by atoms with E-state index in [4.69, 9.17) is 23.2 Å². The van der Waals surface area contributed by atoms with Crippen LogP contribution in [0.2, 0.25) is 10.0 Å². The largest absolute Gasteiger partial charge is 0.368 e. The molecule has 0 radical (unpaired) electrons. The van der Waals surface area contributed by atoms with Gasteiger partial charge in [0.15, 0.2) is 0 Å². The summed E-state index contributed by atoms with van der Waals surface area (Å²) >= 11 is 12.2. The number of carbonyl (C=O) groups excluding carboxylic acids is 2. The molecule has 7 nitrogen and oxygen atoms in total. The van der Waals surface area contributed by atoms with E-state index in [1.165, 1.54) is 35.2 Å². The number of benzene rings is 4. The van der Waals surface area contributed by atoms with E-state index in [1.807, 2.05) is 30.3 Å². The second kappa shape index (κ2) is 10.9. The predicted octanol–water partition coefficient (Wildman–Crippen LogP) is 5.95. The fourth-order valence-corrected chi connectivity index (χ4v) is 7.29. The van der Waals surface area contributed by atoms with Crippen LogP contribution in [-0.2, 0) is 16.4 Å². The van der Waals surface area contributed by atoms with Crippen molar-refractivity contribution < 1.29 is 18.0 Å². The molecular weight excluding hydrogens is 581 g/mol. The molecule has 4 aromatic carbocycles. The lowest BCUT2D eigenvalue weighted by atomic mass is 10.1. The van der Waals surface area contributed by atoms with E-state index in [0.29, 0.717) is 41.8 Å². The number of carbonyl (C=O) groups is 2. The summed E-state index contributed by atoms with van der Waals surface area (Å²) in [5.41, 5.74) is 2.32. The minimum Gasteiger partial charge on any atom is -0.368 e. The average Bonchev–Trinajstić information content (AvgIpc) is 3.05. The molecule has 0 unspecified atom stereocenters. The van der Waals surface area contributed by atoms with E-state index >= 15 is 0 Å². The van der Waals surface area contributed by atoms with E-state index in [9.17, 15) is 18.0 Å². The molecule has 2 aliphatic heterocycles. The number of hydrogen-bond donors (Lipinski definition) is 0. The fraction of sp³-hybridized carbons (Fsp3) is 0.161. The Morgan fingerprint density at radius 3 is 2.22 bits per heavy atom. The van der Waals surface area contributed by atoms with Crippen LogP contribution >= 0.6 is 23.2 Å². The van der Waals surface area contributed by atoms with Crippen LogP contribution in [0.15, 0.2) is 101 Å². The molecule has 0 aromatic heterocycles. The Kier molecular flexibility index (Phi) is 7.23. The number of amides is 2. The van der Waals surface area contributed by atoms with E-state index in [2.05, 4.69) is 4.90 Å². The van der Waals surface area contributed by atoms with Crippen molar-refractivity contribution >= 4 is 56.2 Å². The molecule has 2 amide bonds. The highest BCUT2D eigenvalue weighted by Gasteiger charge is 2.36. The number of anilines is 2. The number of piperazine rings is 1. The molecule has 2 aliphatic rings. The first-order valence-corrected chi connectivity index (χ1v) is 15.3. The average molecular weight is 607 g/mol. The summed E-state index contributed by atoms with van der Waals surface area (Å²) in [4.78, 5) is 32.8. The minimum atomic E-state index is -4.04. The molecule has 0 atom stereocenters.